The molecule has 0 atom stereocenters. The van der Waals surface area contributed by atoms with Crippen LogP contribution in [0.4, 0.5) is 5.13 Å². The maximum Gasteiger partial charge on any atom is 0.246 e. The molecule has 0 aliphatic carbocycles. The lowest BCUT2D eigenvalue weighted by Crippen LogP contribution is -2.48. The molecule has 0 radical (unpaired) electrons. The summed E-state index contributed by atoms with van der Waals surface area (Å²) < 4.78 is 32.4. The monoisotopic (exact) mass is 458 g/mol. The fourth-order valence-corrected chi connectivity index (χ4v) is 4.87. The number of anilines is 1. The number of rotatable bonds is 7. The highest BCUT2D eigenvalue weighted by Gasteiger charge is 2.21. The van der Waals surface area contributed by atoms with E-state index in [0.717, 1.165) is 23.8 Å². The maximum absolute atomic E-state index is 12.5. The van der Waals surface area contributed by atoms with Crippen molar-refractivity contribution >= 4 is 38.5 Å². The van der Waals surface area contributed by atoms with Crippen molar-refractivity contribution in [3.05, 3.63) is 71.6 Å². The van der Waals surface area contributed by atoms with Crippen LogP contribution in [0.1, 0.15) is 11.3 Å². The van der Waals surface area contributed by atoms with Crippen LogP contribution in [0.25, 0.3) is 6.08 Å². The molecule has 162 valence electrons. The maximum atomic E-state index is 12.5. The van der Waals surface area contributed by atoms with Crippen molar-refractivity contribution < 1.29 is 17.6 Å². The molecule has 0 saturated carbocycles. The van der Waals surface area contributed by atoms with Gasteiger partial charge in [0.1, 0.15) is 5.76 Å². The highest BCUT2D eigenvalue weighted by atomic mass is 32.2. The molecule has 3 aromatic rings. The zero-order valence-corrected chi connectivity index (χ0v) is 18.3. The standard InChI is InChI=1S/C21H22N4O4S2/c26-20(24-10-12-25(13-11-24)21-22-9-15-30-21)8-5-17-3-6-19(7-4-17)31(27,28)23-16-18-2-1-14-29-18/h1-9,14-15,23H,10-13,16H2/b8-5+. The van der Waals surface area contributed by atoms with Gasteiger partial charge < -0.3 is 14.2 Å². The molecule has 1 fully saturated rings. The summed E-state index contributed by atoms with van der Waals surface area (Å²) in [7, 11) is -3.64. The van der Waals surface area contributed by atoms with E-state index >= 15 is 0 Å². The Labute approximate surface area is 184 Å². The van der Waals surface area contributed by atoms with Gasteiger partial charge in [0, 0.05) is 43.8 Å². The van der Waals surface area contributed by atoms with Crippen molar-refractivity contribution in [2.45, 2.75) is 11.4 Å². The Morgan fingerprint density at radius 2 is 1.94 bits per heavy atom. The third-order valence-corrected chi connectivity index (χ3v) is 7.16. The molecule has 1 amide bonds. The van der Waals surface area contributed by atoms with E-state index in [2.05, 4.69) is 14.6 Å². The van der Waals surface area contributed by atoms with E-state index in [1.54, 1.807) is 52.8 Å². The summed E-state index contributed by atoms with van der Waals surface area (Å²) in [6, 6.07) is 9.78. The zero-order chi connectivity index (χ0) is 21.7. The molecule has 3 heterocycles. The van der Waals surface area contributed by atoms with Crippen molar-refractivity contribution in [2.24, 2.45) is 0 Å². The second kappa shape index (κ2) is 9.46. The Morgan fingerprint density at radius 1 is 1.16 bits per heavy atom. The average Bonchev–Trinajstić information content (AvgIpc) is 3.51. The molecular formula is C21H22N4O4S2. The first-order valence-electron chi connectivity index (χ1n) is 9.75. The number of benzene rings is 1. The van der Waals surface area contributed by atoms with Crippen LogP contribution in [0.3, 0.4) is 0 Å². The number of carbonyl (C=O) groups is 1. The lowest BCUT2D eigenvalue weighted by atomic mass is 10.2. The summed E-state index contributed by atoms with van der Waals surface area (Å²) in [5.74, 6) is 0.477. The number of hydrogen-bond acceptors (Lipinski definition) is 7. The lowest BCUT2D eigenvalue weighted by molar-refractivity contribution is -0.126. The molecule has 4 rings (SSSR count). The predicted octanol–water partition coefficient (Wildman–Crippen LogP) is 2.58. The fourth-order valence-electron chi connectivity index (χ4n) is 3.18. The second-order valence-electron chi connectivity index (χ2n) is 6.93. The number of thiazole rings is 1. The van der Waals surface area contributed by atoms with Gasteiger partial charge in [-0.3, -0.25) is 4.79 Å². The van der Waals surface area contributed by atoms with E-state index in [-0.39, 0.29) is 17.3 Å². The molecule has 2 aromatic heterocycles. The van der Waals surface area contributed by atoms with Gasteiger partial charge in [0.25, 0.3) is 0 Å². The summed E-state index contributed by atoms with van der Waals surface area (Å²) in [4.78, 5) is 20.9. The van der Waals surface area contributed by atoms with Gasteiger partial charge in [-0.05, 0) is 35.9 Å². The van der Waals surface area contributed by atoms with Gasteiger partial charge in [0.2, 0.25) is 15.9 Å². The minimum Gasteiger partial charge on any atom is -0.468 e. The van der Waals surface area contributed by atoms with Crippen LogP contribution >= 0.6 is 11.3 Å². The number of nitrogens with one attached hydrogen (secondary N) is 1. The van der Waals surface area contributed by atoms with Crippen molar-refractivity contribution in [3.63, 3.8) is 0 Å². The quantitative estimate of drug-likeness (QED) is 0.547. The van der Waals surface area contributed by atoms with Gasteiger partial charge in [-0.25, -0.2) is 18.1 Å². The summed E-state index contributed by atoms with van der Waals surface area (Å²) in [6.45, 7) is 2.87. The van der Waals surface area contributed by atoms with Gasteiger partial charge in [0.05, 0.1) is 17.7 Å². The van der Waals surface area contributed by atoms with E-state index in [9.17, 15) is 13.2 Å². The van der Waals surface area contributed by atoms with Gasteiger partial charge in [0.15, 0.2) is 5.13 Å². The number of piperazine rings is 1. The number of carbonyl (C=O) groups excluding carboxylic acids is 1. The van der Waals surface area contributed by atoms with Gasteiger partial charge >= 0.3 is 0 Å². The number of amides is 1. The zero-order valence-electron chi connectivity index (χ0n) is 16.7. The van der Waals surface area contributed by atoms with E-state index < -0.39 is 10.0 Å². The van der Waals surface area contributed by atoms with E-state index in [1.165, 1.54) is 24.5 Å². The molecule has 1 aliphatic rings. The first-order chi connectivity index (χ1) is 15.0. The lowest BCUT2D eigenvalue weighted by Gasteiger charge is -2.34. The Kier molecular flexibility index (Phi) is 6.50. The Bertz CT molecular complexity index is 1120. The van der Waals surface area contributed by atoms with E-state index in [4.69, 9.17) is 4.42 Å². The summed E-state index contributed by atoms with van der Waals surface area (Å²) in [6.07, 6.45) is 6.50. The molecule has 0 spiro atoms. The normalized spacial score (nSPS) is 15.0. The summed E-state index contributed by atoms with van der Waals surface area (Å²) in [5, 5.41) is 2.93. The third kappa shape index (κ3) is 5.40. The number of hydrogen-bond donors (Lipinski definition) is 1. The van der Waals surface area contributed by atoms with Crippen LogP contribution in [0, 0.1) is 0 Å². The van der Waals surface area contributed by atoms with E-state index in [0.29, 0.717) is 18.8 Å². The molecule has 0 unspecified atom stereocenters. The van der Waals surface area contributed by atoms with Gasteiger partial charge in [-0.2, -0.15) is 0 Å². The molecule has 1 aromatic carbocycles. The molecule has 8 nitrogen and oxygen atoms in total. The molecule has 1 saturated heterocycles. The Balaban J connectivity index is 1.30. The van der Waals surface area contributed by atoms with Crippen LogP contribution < -0.4 is 9.62 Å². The highest BCUT2D eigenvalue weighted by molar-refractivity contribution is 7.89. The number of aromatic nitrogens is 1. The van der Waals surface area contributed by atoms with Crippen molar-refractivity contribution in [2.75, 3.05) is 31.1 Å². The van der Waals surface area contributed by atoms with Crippen molar-refractivity contribution in [3.8, 4) is 0 Å². The topological polar surface area (TPSA) is 95.7 Å². The number of furan rings is 1. The minimum absolute atomic E-state index is 0.0596. The Morgan fingerprint density at radius 3 is 2.58 bits per heavy atom. The largest absolute Gasteiger partial charge is 0.468 e. The van der Waals surface area contributed by atoms with Gasteiger partial charge in [-0.15, -0.1) is 11.3 Å². The first kappa shape index (κ1) is 21.3. The fraction of sp³-hybridized carbons (Fsp3) is 0.238. The molecule has 1 aliphatic heterocycles. The summed E-state index contributed by atoms with van der Waals surface area (Å²) in [5.41, 5.74) is 0.750. The number of sulfonamides is 1. The predicted molar refractivity (Wildman–Crippen MR) is 119 cm³/mol. The smallest absolute Gasteiger partial charge is 0.246 e. The first-order valence-corrected chi connectivity index (χ1v) is 12.1. The highest BCUT2D eigenvalue weighted by Crippen LogP contribution is 2.19. The average molecular weight is 459 g/mol. The van der Waals surface area contributed by atoms with Crippen LogP contribution in [0.15, 0.2) is 69.6 Å². The Hall–Kier alpha value is -2.95. The van der Waals surface area contributed by atoms with Crippen LogP contribution in [0.2, 0.25) is 0 Å². The molecule has 0 bridgehead atoms. The SMILES string of the molecule is O=C(/C=C/c1ccc(S(=O)(=O)NCc2ccco2)cc1)N1CCN(c2nccs2)CC1. The van der Waals surface area contributed by atoms with Gasteiger partial charge in [-0.1, -0.05) is 12.1 Å². The molecule has 31 heavy (non-hydrogen) atoms. The molecular weight excluding hydrogens is 436 g/mol. The van der Waals surface area contributed by atoms with Crippen LogP contribution in [0.5, 0.6) is 0 Å². The van der Waals surface area contributed by atoms with Crippen molar-refractivity contribution in [1.82, 2.24) is 14.6 Å². The van der Waals surface area contributed by atoms with Crippen molar-refractivity contribution in [1.29, 1.82) is 0 Å². The minimum atomic E-state index is -3.64. The van der Waals surface area contributed by atoms with Crippen LogP contribution in [-0.2, 0) is 21.4 Å². The third-order valence-electron chi connectivity index (χ3n) is 4.91. The van der Waals surface area contributed by atoms with Crippen LogP contribution in [-0.4, -0.2) is 50.4 Å². The summed E-state index contributed by atoms with van der Waals surface area (Å²) >= 11 is 1.60. The van der Waals surface area contributed by atoms with E-state index in [1.807, 2.05) is 5.38 Å². The molecule has 10 heteroatoms. The second-order valence-corrected chi connectivity index (χ2v) is 9.57. The molecule has 1 N–H and O–H groups in total. The number of nitrogens with zero attached hydrogens (tertiary/aromatic N) is 3.